The van der Waals surface area contributed by atoms with Crippen LogP contribution >= 0.6 is 0 Å². The van der Waals surface area contributed by atoms with E-state index in [9.17, 15) is 14.4 Å². The van der Waals surface area contributed by atoms with Gasteiger partial charge in [0.2, 0.25) is 5.91 Å². The van der Waals surface area contributed by atoms with Gasteiger partial charge in [-0.05, 0) is 37.1 Å². The molecule has 140 valence electrons. The number of piperidine rings is 1. The molecule has 2 aromatic rings. The molecule has 0 bridgehead atoms. The number of ether oxygens (including phenoxy) is 1. The molecule has 3 rings (SSSR count). The highest BCUT2D eigenvalue weighted by Gasteiger charge is 2.25. The third-order valence-electron chi connectivity index (χ3n) is 4.76. The van der Waals surface area contributed by atoms with E-state index < -0.39 is 0 Å². The number of rotatable bonds is 6. The number of primary amides is 1. The Morgan fingerprint density at radius 3 is 2.11 bits per heavy atom. The Morgan fingerprint density at radius 2 is 1.52 bits per heavy atom. The molecule has 1 saturated heterocycles. The third kappa shape index (κ3) is 4.73. The number of carbonyl (C=O) groups is 3. The smallest absolute Gasteiger partial charge is 0.260 e. The highest BCUT2D eigenvalue weighted by Crippen LogP contribution is 2.18. The van der Waals surface area contributed by atoms with Crippen LogP contribution in [-0.4, -0.2) is 42.2 Å². The second-order valence-electron chi connectivity index (χ2n) is 6.57. The fraction of sp³-hybridized carbons (Fsp3) is 0.286. The molecule has 0 saturated carbocycles. The maximum atomic E-state index is 12.4. The zero-order valence-electron chi connectivity index (χ0n) is 15.0. The molecule has 6 heteroatoms. The van der Waals surface area contributed by atoms with Crippen LogP contribution in [0.5, 0.6) is 5.75 Å². The summed E-state index contributed by atoms with van der Waals surface area (Å²) in [4.78, 5) is 37.5. The molecule has 1 heterocycles. The summed E-state index contributed by atoms with van der Waals surface area (Å²) in [6.07, 6.45) is 1.19. The first-order chi connectivity index (χ1) is 13.0. The fourth-order valence-electron chi connectivity index (χ4n) is 3.11. The molecule has 0 aliphatic carbocycles. The van der Waals surface area contributed by atoms with Crippen molar-refractivity contribution < 1.29 is 19.1 Å². The monoisotopic (exact) mass is 366 g/mol. The van der Waals surface area contributed by atoms with Crippen molar-refractivity contribution in [2.24, 2.45) is 11.7 Å². The largest absolute Gasteiger partial charge is 0.484 e. The zero-order chi connectivity index (χ0) is 19.2. The number of hydrogen-bond donors (Lipinski definition) is 1. The molecule has 1 aliphatic rings. The van der Waals surface area contributed by atoms with Gasteiger partial charge in [-0.3, -0.25) is 14.4 Å². The minimum absolute atomic E-state index is 0.0597. The number of amides is 2. The third-order valence-corrected chi connectivity index (χ3v) is 4.76. The first-order valence-electron chi connectivity index (χ1n) is 8.94. The topological polar surface area (TPSA) is 89.7 Å². The van der Waals surface area contributed by atoms with Gasteiger partial charge in [-0.25, -0.2) is 0 Å². The molecule has 2 N–H and O–H groups in total. The lowest BCUT2D eigenvalue weighted by Gasteiger charge is -2.30. The normalized spacial score (nSPS) is 14.6. The first-order valence-corrected chi connectivity index (χ1v) is 8.94. The van der Waals surface area contributed by atoms with Gasteiger partial charge in [-0.15, -0.1) is 0 Å². The Kier molecular flexibility index (Phi) is 5.86. The number of ketones is 1. The van der Waals surface area contributed by atoms with E-state index in [2.05, 4.69) is 0 Å². The van der Waals surface area contributed by atoms with E-state index in [4.69, 9.17) is 10.5 Å². The van der Waals surface area contributed by atoms with Crippen LogP contribution in [0.2, 0.25) is 0 Å². The average molecular weight is 366 g/mol. The van der Waals surface area contributed by atoms with Gasteiger partial charge in [0, 0.05) is 30.1 Å². The van der Waals surface area contributed by atoms with Crippen LogP contribution in [0.15, 0.2) is 54.6 Å². The number of benzene rings is 2. The molecular formula is C21H22N2O4. The minimum atomic E-state index is -0.302. The lowest BCUT2D eigenvalue weighted by molar-refractivity contribution is -0.136. The molecule has 1 fully saturated rings. The number of hydrogen-bond acceptors (Lipinski definition) is 4. The Bertz CT molecular complexity index is 810. The number of carbonyl (C=O) groups excluding carboxylic acids is 3. The number of likely N-dealkylation sites (tertiary alicyclic amines) is 1. The van der Waals surface area contributed by atoms with E-state index in [0.29, 0.717) is 42.8 Å². The standard InChI is InChI=1S/C21H22N2O4/c22-21(26)17-10-12-23(13-11-17)19(24)14-27-18-8-6-16(7-9-18)20(25)15-4-2-1-3-5-15/h1-9,17H,10-14H2,(H2,22,26). The van der Waals surface area contributed by atoms with Crippen LogP contribution < -0.4 is 10.5 Å². The Labute approximate surface area is 157 Å². The van der Waals surface area contributed by atoms with Crippen molar-refractivity contribution in [2.45, 2.75) is 12.8 Å². The van der Waals surface area contributed by atoms with Crippen LogP contribution in [0.25, 0.3) is 0 Å². The molecule has 2 amide bonds. The summed E-state index contributed by atoms with van der Waals surface area (Å²) in [5.74, 6) is -0.106. The van der Waals surface area contributed by atoms with Gasteiger partial charge in [-0.2, -0.15) is 0 Å². The second kappa shape index (κ2) is 8.49. The number of nitrogens with two attached hydrogens (primary N) is 1. The van der Waals surface area contributed by atoms with Crippen LogP contribution in [0.3, 0.4) is 0 Å². The first kappa shape index (κ1) is 18.6. The predicted octanol–water partition coefficient (Wildman–Crippen LogP) is 2.02. The zero-order valence-corrected chi connectivity index (χ0v) is 15.0. The van der Waals surface area contributed by atoms with Gasteiger partial charge < -0.3 is 15.4 Å². The maximum Gasteiger partial charge on any atom is 0.260 e. The molecule has 0 aromatic heterocycles. The quantitative estimate of drug-likeness (QED) is 0.792. The molecular weight excluding hydrogens is 344 g/mol. The lowest BCUT2D eigenvalue weighted by atomic mass is 9.96. The van der Waals surface area contributed by atoms with Crippen LogP contribution in [0.4, 0.5) is 0 Å². The molecule has 0 unspecified atom stereocenters. The molecule has 2 aromatic carbocycles. The van der Waals surface area contributed by atoms with Gasteiger partial charge >= 0.3 is 0 Å². The van der Waals surface area contributed by atoms with E-state index in [0.717, 1.165) is 0 Å². The summed E-state index contributed by atoms with van der Waals surface area (Å²) in [5, 5.41) is 0. The van der Waals surface area contributed by atoms with Gasteiger partial charge in [-0.1, -0.05) is 30.3 Å². The fourth-order valence-corrected chi connectivity index (χ4v) is 3.11. The van der Waals surface area contributed by atoms with E-state index in [1.807, 2.05) is 18.2 Å². The van der Waals surface area contributed by atoms with Gasteiger partial charge in [0.25, 0.3) is 5.91 Å². The van der Waals surface area contributed by atoms with Crippen molar-refractivity contribution in [1.82, 2.24) is 4.90 Å². The van der Waals surface area contributed by atoms with E-state index in [1.165, 1.54) is 0 Å². The average Bonchev–Trinajstić information content (AvgIpc) is 2.72. The van der Waals surface area contributed by atoms with Crippen LogP contribution in [0, 0.1) is 5.92 Å². The van der Waals surface area contributed by atoms with Gasteiger partial charge in [0.15, 0.2) is 12.4 Å². The predicted molar refractivity (Wildman–Crippen MR) is 100 cm³/mol. The van der Waals surface area contributed by atoms with Crippen molar-refractivity contribution in [1.29, 1.82) is 0 Å². The van der Waals surface area contributed by atoms with Crippen molar-refractivity contribution in [3.63, 3.8) is 0 Å². The van der Waals surface area contributed by atoms with Gasteiger partial charge in [0.05, 0.1) is 0 Å². The van der Waals surface area contributed by atoms with Crippen molar-refractivity contribution in [2.75, 3.05) is 19.7 Å². The van der Waals surface area contributed by atoms with Crippen molar-refractivity contribution in [3.05, 3.63) is 65.7 Å². The summed E-state index contributed by atoms with van der Waals surface area (Å²) in [7, 11) is 0. The highest BCUT2D eigenvalue weighted by atomic mass is 16.5. The summed E-state index contributed by atoms with van der Waals surface area (Å²) in [6.45, 7) is 0.952. The molecule has 6 nitrogen and oxygen atoms in total. The van der Waals surface area contributed by atoms with Crippen molar-refractivity contribution in [3.8, 4) is 5.75 Å². The number of nitrogens with zero attached hydrogens (tertiary/aromatic N) is 1. The summed E-state index contributed by atoms with van der Waals surface area (Å²) >= 11 is 0. The van der Waals surface area contributed by atoms with E-state index >= 15 is 0 Å². The SMILES string of the molecule is NC(=O)C1CCN(C(=O)COc2ccc(C(=O)c3ccccc3)cc2)CC1. The Balaban J connectivity index is 1.51. The highest BCUT2D eigenvalue weighted by molar-refractivity contribution is 6.08. The minimum Gasteiger partial charge on any atom is -0.484 e. The summed E-state index contributed by atoms with van der Waals surface area (Å²) < 4.78 is 5.54. The molecule has 27 heavy (non-hydrogen) atoms. The molecule has 0 atom stereocenters. The Morgan fingerprint density at radius 1 is 0.926 bits per heavy atom. The second-order valence-corrected chi connectivity index (χ2v) is 6.57. The summed E-state index contributed by atoms with van der Waals surface area (Å²) in [6, 6.07) is 15.8. The van der Waals surface area contributed by atoms with E-state index in [-0.39, 0.29) is 30.1 Å². The van der Waals surface area contributed by atoms with Crippen molar-refractivity contribution >= 4 is 17.6 Å². The molecule has 1 aliphatic heterocycles. The molecule has 0 radical (unpaired) electrons. The van der Waals surface area contributed by atoms with E-state index in [1.54, 1.807) is 41.3 Å². The molecule has 0 spiro atoms. The van der Waals surface area contributed by atoms with Crippen LogP contribution in [0.1, 0.15) is 28.8 Å². The Hall–Kier alpha value is -3.15. The van der Waals surface area contributed by atoms with Gasteiger partial charge in [0.1, 0.15) is 5.75 Å². The maximum absolute atomic E-state index is 12.4. The lowest BCUT2D eigenvalue weighted by Crippen LogP contribution is -2.43. The summed E-state index contributed by atoms with van der Waals surface area (Å²) in [5.41, 5.74) is 6.49. The van der Waals surface area contributed by atoms with Crippen LogP contribution in [-0.2, 0) is 9.59 Å².